The minimum Gasteiger partial charge on any atom is -0.445 e. The number of rotatable bonds is 4. The molecule has 4 rings (SSSR count). The van der Waals surface area contributed by atoms with Gasteiger partial charge in [-0.15, -0.1) is 0 Å². The summed E-state index contributed by atoms with van der Waals surface area (Å²) in [6.45, 7) is 2.04. The van der Waals surface area contributed by atoms with Crippen LogP contribution in [0.2, 0.25) is 0 Å². The zero-order chi connectivity index (χ0) is 26.1. The molecule has 3 heterocycles. The average Bonchev–Trinajstić information content (AvgIpc) is 3.06. The Labute approximate surface area is 202 Å². The molecule has 6 nitrogen and oxygen atoms in total. The molecule has 36 heavy (non-hydrogen) atoms. The average molecular weight is 522 g/mol. The lowest BCUT2D eigenvalue weighted by Crippen LogP contribution is -2.34. The van der Waals surface area contributed by atoms with Crippen molar-refractivity contribution in [1.29, 1.82) is 0 Å². The summed E-state index contributed by atoms with van der Waals surface area (Å²) >= 11 is 0. The Bertz CT molecular complexity index is 1040. The molecule has 2 aliphatic heterocycles. The van der Waals surface area contributed by atoms with E-state index in [0.29, 0.717) is 57.6 Å². The first-order valence-electron chi connectivity index (χ1n) is 11.5. The molecule has 0 N–H and O–H groups in total. The summed E-state index contributed by atoms with van der Waals surface area (Å²) in [6.07, 6.45) is -10.1. The molecule has 198 valence electrons. The van der Waals surface area contributed by atoms with Crippen LogP contribution in [-0.2, 0) is 43.3 Å². The van der Waals surface area contributed by atoms with Crippen LogP contribution in [0.4, 0.5) is 35.5 Å². The molecule has 0 atom stereocenters. The Balaban J connectivity index is 1.40. The number of likely N-dealkylation sites (tertiary alicyclic amines) is 1. The maximum absolute atomic E-state index is 13.4. The summed E-state index contributed by atoms with van der Waals surface area (Å²) in [7, 11) is 0. The molecule has 0 spiro atoms. The van der Waals surface area contributed by atoms with Crippen molar-refractivity contribution >= 4 is 6.09 Å². The lowest BCUT2D eigenvalue weighted by atomic mass is 10.1. The second-order valence-electron chi connectivity index (χ2n) is 9.04. The molecule has 1 saturated heterocycles. The van der Waals surface area contributed by atoms with Crippen LogP contribution >= 0.6 is 0 Å². The van der Waals surface area contributed by atoms with Crippen molar-refractivity contribution in [2.24, 2.45) is 0 Å². The lowest BCUT2D eigenvalue weighted by Gasteiger charge is -2.27. The summed E-state index contributed by atoms with van der Waals surface area (Å²) in [5.74, 6) is 0. The van der Waals surface area contributed by atoms with E-state index >= 15 is 0 Å². The molecular weight excluding hydrogens is 497 g/mol. The van der Waals surface area contributed by atoms with Crippen LogP contribution in [0.1, 0.15) is 47.3 Å². The summed E-state index contributed by atoms with van der Waals surface area (Å²) in [5, 5.41) is 4.57. The maximum Gasteiger partial charge on any atom is 0.416 e. The van der Waals surface area contributed by atoms with Gasteiger partial charge in [-0.05, 0) is 49.1 Å². The number of alkyl halides is 7. The monoisotopic (exact) mass is 522 g/mol. The van der Waals surface area contributed by atoms with Gasteiger partial charge in [-0.3, -0.25) is 9.58 Å². The number of hydrogen-bond acceptors (Lipinski definition) is 4. The molecule has 1 aromatic heterocycles. The Morgan fingerprint density at radius 3 is 2.19 bits per heavy atom. The first-order chi connectivity index (χ1) is 16.9. The topological polar surface area (TPSA) is 50.6 Å². The van der Waals surface area contributed by atoms with Crippen molar-refractivity contribution in [2.75, 3.05) is 19.6 Å². The number of carbonyl (C=O) groups is 1. The number of aromatic nitrogens is 2. The highest BCUT2D eigenvalue weighted by atomic mass is 19.4. The van der Waals surface area contributed by atoms with Gasteiger partial charge in [0.1, 0.15) is 12.8 Å². The van der Waals surface area contributed by atoms with E-state index in [1.165, 1.54) is 4.90 Å². The van der Waals surface area contributed by atoms with Gasteiger partial charge < -0.3 is 9.64 Å². The molecule has 2 aromatic rings. The molecule has 0 bridgehead atoms. The highest BCUT2D eigenvalue weighted by molar-refractivity contribution is 5.67. The summed E-state index contributed by atoms with van der Waals surface area (Å²) in [6, 6.07) is 2.95. The van der Waals surface area contributed by atoms with Crippen LogP contribution in [0.25, 0.3) is 0 Å². The van der Waals surface area contributed by atoms with E-state index in [-0.39, 0.29) is 19.2 Å². The lowest BCUT2D eigenvalue weighted by molar-refractivity contribution is -0.143. The smallest absolute Gasteiger partial charge is 0.416 e. The van der Waals surface area contributed by atoms with Crippen molar-refractivity contribution in [1.82, 2.24) is 19.6 Å². The fourth-order valence-electron chi connectivity index (χ4n) is 4.38. The molecule has 0 aliphatic carbocycles. The number of halogens is 7. The Kier molecular flexibility index (Phi) is 7.48. The van der Waals surface area contributed by atoms with E-state index in [1.54, 1.807) is 4.68 Å². The van der Waals surface area contributed by atoms with E-state index in [0.717, 1.165) is 11.4 Å². The predicted octanol–water partition coefficient (Wildman–Crippen LogP) is 5.40. The maximum atomic E-state index is 13.4. The third-order valence-corrected chi connectivity index (χ3v) is 6.24. The number of benzene rings is 1. The quantitative estimate of drug-likeness (QED) is 0.505. The normalized spacial score (nSPS) is 18.1. The third-order valence-electron chi connectivity index (χ3n) is 6.24. The van der Waals surface area contributed by atoms with Crippen LogP contribution in [-0.4, -0.2) is 51.5 Å². The number of piperidine rings is 1. The van der Waals surface area contributed by atoms with E-state index in [1.807, 2.05) is 6.07 Å². The van der Waals surface area contributed by atoms with Crippen molar-refractivity contribution in [3.63, 3.8) is 0 Å². The second kappa shape index (κ2) is 10.3. The van der Waals surface area contributed by atoms with Gasteiger partial charge >= 0.3 is 18.4 Å². The van der Waals surface area contributed by atoms with E-state index < -0.39 is 47.9 Å². The Morgan fingerprint density at radius 2 is 1.58 bits per heavy atom. The zero-order valence-electron chi connectivity index (χ0n) is 19.2. The standard InChI is InChI=1S/C23H25F7N4O2/c24-18-2-6-32(7-3-18)12-19-11-20-13-33(4-1-5-34(20)31-19)21(35)36-14-15-8-16(22(25,26)27)10-17(9-15)23(28,29)30/h8-11,18H,1-7,12-14H2. The molecular formula is C23H25F7N4O2. The van der Waals surface area contributed by atoms with Crippen LogP contribution in [0.15, 0.2) is 24.3 Å². The first-order valence-corrected chi connectivity index (χ1v) is 11.5. The number of fused-ring (bicyclic) bond motifs is 1. The molecule has 1 amide bonds. The van der Waals surface area contributed by atoms with Crippen LogP contribution in [0.5, 0.6) is 0 Å². The molecule has 0 unspecified atom stereocenters. The fraction of sp³-hybridized carbons (Fsp3) is 0.565. The van der Waals surface area contributed by atoms with Gasteiger partial charge in [0.2, 0.25) is 0 Å². The van der Waals surface area contributed by atoms with Gasteiger partial charge in [0, 0.05) is 32.7 Å². The van der Waals surface area contributed by atoms with E-state index in [9.17, 15) is 35.5 Å². The third kappa shape index (κ3) is 6.48. The van der Waals surface area contributed by atoms with Gasteiger partial charge in [-0.2, -0.15) is 31.4 Å². The minimum absolute atomic E-state index is 0.0265. The largest absolute Gasteiger partial charge is 0.445 e. The van der Waals surface area contributed by atoms with Crippen molar-refractivity contribution < 1.29 is 40.3 Å². The van der Waals surface area contributed by atoms with Crippen LogP contribution in [0.3, 0.4) is 0 Å². The number of aryl methyl sites for hydroxylation is 1. The Hall–Kier alpha value is -2.83. The summed E-state index contributed by atoms with van der Waals surface area (Å²) in [5.41, 5.74) is -1.83. The van der Waals surface area contributed by atoms with Gasteiger partial charge in [-0.1, -0.05) is 0 Å². The SMILES string of the molecule is O=C(OCc1cc(C(F)(F)F)cc(C(F)(F)F)c1)N1CCCn2nc(CN3CCC(F)CC3)cc2C1. The number of amides is 1. The number of carbonyl (C=O) groups excluding carboxylic acids is 1. The molecule has 0 radical (unpaired) electrons. The minimum atomic E-state index is -4.98. The van der Waals surface area contributed by atoms with Crippen molar-refractivity contribution in [3.8, 4) is 0 Å². The molecule has 13 heteroatoms. The van der Waals surface area contributed by atoms with Gasteiger partial charge in [0.15, 0.2) is 0 Å². The molecule has 1 aromatic carbocycles. The van der Waals surface area contributed by atoms with Gasteiger partial charge in [-0.25, -0.2) is 9.18 Å². The Morgan fingerprint density at radius 1 is 0.944 bits per heavy atom. The number of ether oxygens (including phenoxy) is 1. The molecule has 1 fully saturated rings. The number of hydrogen-bond donors (Lipinski definition) is 0. The second-order valence-corrected chi connectivity index (χ2v) is 9.04. The van der Waals surface area contributed by atoms with Gasteiger partial charge in [0.05, 0.1) is 29.1 Å². The first kappa shape index (κ1) is 26.2. The van der Waals surface area contributed by atoms with Crippen molar-refractivity contribution in [2.45, 2.75) is 64.0 Å². The summed E-state index contributed by atoms with van der Waals surface area (Å²) in [4.78, 5) is 16.1. The van der Waals surface area contributed by atoms with Crippen molar-refractivity contribution in [3.05, 3.63) is 52.3 Å². The van der Waals surface area contributed by atoms with E-state index in [2.05, 4.69) is 10.00 Å². The predicted molar refractivity (Wildman–Crippen MR) is 113 cm³/mol. The van der Waals surface area contributed by atoms with Crippen LogP contribution < -0.4 is 0 Å². The van der Waals surface area contributed by atoms with Gasteiger partial charge in [0.25, 0.3) is 0 Å². The highest BCUT2D eigenvalue weighted by Gasteiger charge is 2.37. The van der Waals surface area contributed by atoms with E-state index in [4.69, 9.17) is 4.74 Å². The molecule has 2 aliphatic rings. The van der Waals surface area contributed by atoms with Crippen LogP contribution in [0, 0.1) is 0 Å². The molecule has 0 saturated carbocycles. The fourth-order valence-corrected chi connectivity index (χ4v) is 4.38. The zero-order valence-corrected chi connectivity index (χ0v) is 19.2. The highest BCUT2D eigenvalue weighted by Crippen LogP contribution is 2.36. The summed E-state index contributed by atoms with van der Waals surface area (Å²) < 4.78 is 98.6. The number of nitrogens with zero attached hydrogens (tertiary/aromatic N) is 4.